The standard InChI is InChI=1S/C20H24FN3O2/c21-15-8-6-14(7-9-15)12-24-18-10-11-26-13-17(18)19(23-24)20(25)22-16-4-2-1-3-5-16/h6-9,16H,1-5,10-13H2,(H,22,25). The van der Waals surface area contributed by atoms with Gasteiger partial charge < -0.3 is 10.1 Å². The maximum Gasteiger partial charge on any atom is 0.272 e. The van der Waals surface area contributed by atoms with Crippen molar-refractivity contribution in [2.24, 2.45) is 0 Å². The first-order valence-electron chi connectivity index (χ1n) is 9.42. The maximum atomic E-state index is 13.1. The number of ether oxygens (including phenoxy) is 1. The molecule has 1 aromatic heterocycles. The number of benzene rings is 1. The number of nitrogens with zero attached hydrogens (tertiary/aromatic N) is 2. The Morgan fingerprint density at radius 1 is 1.23 bits per heavy atom. The Morgan fingerprint density at radius 3 is 2.77 bits per heavy atom. The zero-order valence-corrected chi connectivity index (χ0v) is 14.8. The van der Waals surface area contributed by atoms with Crippen molar-refractivity contribution in [3.05, 3.63) is 52.6 Å². The number of halogens is 1. The molecule has 5 nitrogen and oxygen atoms in total. The van der Waals surface area contributed by atoms with Crippen molar-refractivity contribution in [2.75, 3.05) is 6.61 Å². The highest BCUT2D eigenvalue weighted by Crippen LogP contribution is 2.23. The van der Waals surface area contributed by atoms with Gasteiger partial charge in [-0.2, -0.15) is 5.10 Å². The van der Waals surface area contributed by atoms with Gasteiger partial charge in [0.1, 0.15) is 5.82 Å². The molecule has 1 fully saturated rings. The average molecular weight is 357 g/mol. The minimum absolute atomic E-state index is 0.100. The largest absolute Gasteiger partial charge is 0.376 e. The number of carbonyl (C=O) groups excluding carboxylic acids is 1. The molecular formula is C20H24FN3O2. The summed E-state index contributed by atoms with van der Waals surface area (Å²) in [5, 5.41) is 7.76. The first-order chi connectivity index (χ1) is 12.7. The molecular weight excluding hydrogens is 333 g/mol. The van der Waals surface area contributed by atoms with Gasteiger partial charge in [-0.05, 0) is 30.5 Å². The third-order valence-corrected chi connectivity index (χ3v) is 5.30. The van der Waals surface area contributed by atoms with Gasteiger partial charge in [0, 0.05) is 23.7 Å². The van der Waals surface area contributed by atoms with Crippen molar-refractivity contribution < 1.29 is 13.9 Å². The van der Waals surface area contributed by atoms with E-state index in [1.165, 1.54) is 31.4 Å². The topological polar surface area (TPSA) is 56.2 Å². The van der Waals surface area contributed by atoms with Gasteiger partial charge >= 0.3 is 0 Å². The van der Waals surface area contributed by atoms with Gasteiger partial charge in [-0.1, -0.05) is 31.4 Å². The van der Waals surface area contributed by atoms with Gasteiger partial charge in [0.25, 0.3) is 5.91 Å². The van der Waals surface area contributed by atoms with Gasteiger partial charge in [-0.3, -0.25) is 9.48 Å². The van der Waals surface area contributed by atoms with Crippen molar-refractivity contribution in [1.29, 1.82) is 0 Å². The van der Waals surface area contributed by atoms with Gasteiger partial charge in [0.05, 0.1) is 19.8 Å². The molecule has 1 aliphatic carbocycles. The molecule has 1 N–H and O–H groups in total. The predicted molar refractivity (Wildman–Crippen MR) is 95.4 cm³/mol. The van der Waals surface area contributed by atoms with Crippen LogP contribution in [-0.4, -0.2) is 28.3 Å². The summed E-state index contributed by atoms with van der Waals surface area (Å²) in [5.74, 6) is -0.353. The van der Waals surface area contributed by atoms with E-state index in [-0.39, 0.29) is 17.8 Å². The lowest BCUT2D eigenvalue weighted by atomic mass is 9.95. The summed E-state index contributed by atoms with van der Waals surface area (Å²) in [6, 6.07) is 6.66. The summed E-state index contributed by atoms with van der Waals surface area (Å²) in [5.41, 5.74) is 3.39. The summed E-state index contributed by atoms with van der Waals surface area (Å²) in [4.78, 5) is 12.8. The summed E-state index contributed by atoms with van der Waals surface area (Å²) in [6.07, 6.45) is 6.42. The van der Waals surface area contributed by atoms with Crippen LogP contribution in [-0.2, 0) is 24.3 Å². The Labute approximate surface area is 152 Å². The molecule has 1 aromatic carbocycles. The highest BCUT2D eigenvalue weighted by atomic mass is 19.1. The van der Waals surface area contributed by atoms with Crippen LogP contribution in [0.15, 0.2) is 24.3 Å². The van der Waals surface area contributed by atoms with Crippen LogP contribution in [0.1, 0.15) is 59.4 Å². The van der Waals surface area contributed by atoms with Gasteiger partial charge in [-0.15, -0.1) is 0 Å². The van der Waals surface area contributed by atoms with Crippen LogP contribution in [0.2, 0.25) is 0 Å². The van der Waals surface area contributed by atoms with Crippen LogP contribution in [0.4, 0.5) is 4.39 Å². The van der Waals surface area contributed by atoms with E-state index in [9.17, 15) is 9.18 Å². The first kappa shape index (κ1) is 17.2. The third-order valence-electron chi connectivity index (χ3n) is 5.30. The fraction of sp³-hybridized carbons (Fsp3) is 0.500. The van der Waals surface area contributed by atoms with Crippen molar-refractivity contribution in [3.63, 3.8) is 0 Å². The Kier molecular flexibility index (Phi) is 5.02. The molecule has 0 bridgehead atoms. The van der Waals surface area contributed by atoms with E-state index in [0.717, 1.165) is 36.1 Å². The number of nitrogens with one attached hydrogen (secondary N) is 1. The van der Waals surface area contributed by atoms with Crippen molar-refractivity contribution in [2.45, 2.75) is 57.7 Å². The lowest BCUT2D eigenvalue weighted by Crippen LogP contribution is -2.37. The van der Waals surface area contributed by atoms with Gasteiger partial charge in [-0.25, -0.2) is 4.39 Å². The zero-order valence-electron chi connectivity index (χ0n) is 14.8. The zero-order chi connectivity index (χ0) is 17.9. The van der Waals surface area contributed by atoms with E-state index in [1.807, 2.05) is 4.68 Å². The molecule has 26 heavy (non-hydrogen) atoms. The molecule has 2 aromatic rings. The molecule has 138 valence electrons. The SMILES string of the molecule is O=C(NC1CCCCC1)c1nn(Cc2ccc(F)cc2)c2c1COCC2. The van der Waals surface area contributed by atoms with Crippen LogP contribution in [0.3, 0.4) is 0 Å². The molecule has 2 heterocycles. The number of rotatable bonds is 4. The fourth-order valence-corrected chi connectivity index (χ4v) is 3.89. The molecule has 0 spiro atoms. The minimum atomic E-state index is -0.253. The highest BCUT2D eigenvalue weighted by molar-refractivity contribution is 5.94. The van der Waals surface area contributed by atoms with Gasteiger partial charge in [0.2, 0.25) is 0 Å². The van der Waals surface area contributed by atoms with E-state index in [4.69, 9.17) is 4.74 Å². The number of hydrogen-bond acceptors (Lipinski definition) is 3. The van der Waals surface area contributed by atoms with Crippen LogP contribution in [0.25, 0.3) is 0 Å². The van der Waals surface area contributed by atoms with Crippen molar-refractivity contribution in [1.82, 2.24) is 15.1 Å². The quantitative estimate of drug-likeness (QED) is 0.914. The minimum Gasteiger partial charge on any atom is -0.376 e. The molecule has 2 aliphatic rings. The third kappa shape index (κ3) is 3.65. The summed E-state index contributed by atoms with van der Waals surface area (Å²) in [7, 11) is 0. The smallest absolute Gasteiger partial charge is 0.272 e. The Morgan fingerprint density at radius 2 is 2.00 bits per heavy atom. The predicted octanol–water partition coefficient (Wildman–Crippen LogP) is 3.21. The lowest BCUT2D eigenvalue weighted by molar-refractivity contribution is 0.0901. The molecule has 6 heteroatoms. The van der Waals surface area contributed by atoms with E-state index < -0.39 is 0 Å². The Balaban J connectivity index is 1.57. The molecule has 0 atom stereocenters. The number of aromatic nitrogens is 2. The molecule has 0 unspecified atom stereocenters. The normalized spacial score (nSPS) is 17.7. The Hall–Kier alpha value is -2.21. The maximum absolute atomic E-state index is 13.1. The van der Waals surface area contributed by atoms with Gasteiger partial charge in [0.15, 0.2) is 5.69 Å². The molecule has 1 amide bonds. The molecule has 0 radical (unpaired) electrons. The van der Waals surface area contributed by atoms with Crippen LogP contribution in [0.5, 0.6) is 0 Å². The second-order valence-corrected chi connectivity index (χ2v) is 7.17. The molecule has 1 saturated carbocycles. The van der Waals surface area contributed by atoms with E-state index in [0.29, 0.717) is 25.5 Å². The first-order valence-corrected chi connectivity index (χ1v) is 9.42. The van der Waals surface area contributed by atoms with E-state index in [2.05, 4.69) is 10.4 Å². The molecule has 4 rings (SSSR count). The van der Waals surface area contributed by atoms with E-state index in [1.54, 1.807) is 12.1 Å². The average Bonchev–Trinajstić information content (AvgIpc) is 3.03. The van der Waals surface area contributed by atoms with Crippen LogP contribution >= 0.6 is 0 Å². The molecule has 1 aliphatic heterocycles. The van der Waals surface area contributed by atoms with E-state index >= 15 is 0 Å². The van der Waals surface area contributed by atoms with Crippen molar-refractivity contribution >= 4 is 5.91 Å². The number of hydrogen-bond donors (Lipinski definition) is 1. The fourth-order valence-electron chi connectivity index (χ4n) is 3.89. The summed E-state index contributed by atoms with van der Waals surface area (Å²) < 4.78 is 20.6. The number of carbonyl (C=O) groups is 1. The van der Waals surface area contributed by atoms with Crippen LogP contribution in [0, 0.1) is 5.82 Å². The Bertz CT molecular complexity index is 779. The highest BCUT2D eigenvalue weighted by Gasteiger charge is 2.27. The second kappa shape index (κ2) is 7.58. The van der Waals surface area contributed by atoms with Crippen molar-refractivity contribution in [3.8, 4) is 0 Å². The monoisotopic (exact) mass is 357 g/mol. The summed E-state index contributed by atoms with van der Waals surface area (Å²) in [6.45, 7) is 1.58. The van der Waals surface area contributed by atoms with Crippen LogP contribution < -0.4 is 5.32 Å². The molecule has 0 saturated heterocycles. The lowest BCUT2D eigenvalue weighted by Gasteiger charge is -2.22. The summed E-state index contributed by atoms with van der Waals surface area (Å²) >= 11 is 0. The number of amides is 1. The number of fused-ring (bicyclic) bond motifs is 1. The second-order valence-electron chi connectivity index (χ2n) is 7.17.